The summed E-state index contributed by atoms with van der Waals surface area (Å²) in [6, 6.07) is 16.7. The molecule has 0 saturated heterocycles. The number of hydrogen-bond acceptors (Lipinski definition) is 3. The van der Waals surface area contributed by atoms with E-state index in [2.05, 4.69) is 32.6 Å². The lowest BCUT2D eigenvalue weighted by Crippen LogP contribution is -2.38. The molecule has 5 nitrogen and oxygen atoms in total. The number of fused-ring (bicyclic) bond motifs is 1. The number of halogens is 1. The van der Waals surface area contributed by atoms with Crippen LogP contribution >= 0.6 is 0 Å². The normalized spacial score (nSPS) is 14.7. The van der Waals surface area contributed by atoms with E-state index in [1.165, 1.54) is 17.7 Å². The van der Waals surface area contributed by atoms with Crippen molar-refractivity contribution in [2.45, 2.75) is 59.5 Å². The first-order chi connectivity index (χ1) is 16.9. The van der Waals surface area contributed by atoms with Crippen molar-refractivity contribution < 1.29 is 9.18 Å². The number of benzene rings is 2. The topological polar surface area (TPSA) is 41.4 Å². The number of aromatic nitrogens is 2. The smallest absolute Gasteiger partial charge is 0.230 e. The van der Waals surface area contributed by atoms with Crippen molar-refractivity contribution in [3.63, 3.8) is 0 Å². The zero-order valence-corrected chi connectivity index (χ0v) is 21.4. The van der Waals surface area contributed by atoms with E-state index in [-0.39, 0.29) is 17.6 Å². The Morgan fingerprint density at radius 2 is 1.89 bits per heavy atom. The first kappa shape index (κ1) is 25.1. The summed E-state index contributed by atoms with van der Waals surface area (Å²) in [5, 5.41) is 4.99. The van der Waals surface area contributed by atoms with Crippen LogP contribution in [0, 0.1) is 11.7 Å². The summed E-state index contributed by atoms with van der Waals surface area (Å²) in [5.74, 6) is 0.0258. The Labute approximate surface area is 208 Å². The van der Waals surface area contributed by atoms with E-state index in [1.807, 2.05) is 46.0 Å². The maximum absolute atomic E-state index is 14.1. The van der Waals surface area contributed by atoms with Crippen LogP contribution in [0.15, 0.2) is 54.6 Å². The van der Waals surface area contributed by atoms with E-state index in [4.69, 9.17) is 5.10 Å². The Kier molecular flexibility index (Phi) is 8.01. The molecule has 1 unspecified atom stereocenters. The second kappa shape index (κ2) is 11.2. The third-order valence-electron chi connectivity index (χ3n) is 6.87. The number of likely N-dealkylation sites (N-methyl/N-ethyl adjacent to an activating group) is 1. The average Bonchev–Trinajstić information content (AvgIpc) is 3.22. The molecule has 2 aromatic carbocycles. The summed E-state index contributed by atoms with van der Waals surface area (Å²) in [5.41, 5.74) is 5.01. The van der Waals surface area contributed by atoms with Crippen LogP contribution in [-0.2, 0) is 24.3 Å². The first-order valence-electron chi connectivity index (χ1n) is 12.8. The van der Waals surface area contributed by atoms with Crippen molar-refractivity contribution in [2.24, 2.45) is 5.92 Å². The fraction of sp³-hybridized carbons (Fsp3) is 0.448. The maximum atomic E-state index is 14.1. The molecule has 3 aromatic rings. The molecule has 35 heavy (non-hydrogen) atoms. The van der Waals surface area contributed by atoms with Gasteiger partial charge >= 0.3 is 0 Å². The van der Waals surface area contributed by atoms with Gasteiger partial charge in [-0.2, -0.15) is 5.10 Å². The molecule has 0 spiro atoms. The third-order valence-corrected chi connectivity index (χ3v) is 6.87. The molecule has 0 aliphatic carbocycles. The number of rotatable bonds is 9. The third kappa shape index (κ3) is 5.64. The molecule has 0 radical (unpaired) electrons. The molecule has 4 rings (SSSR count). The van der Waals surface area contributed by atoms with Crippen molar-refractivity contribution in [2.75, 3.05) is 19.6 Å². The lowest BCUT2D eigenvalue weighted by Gasteiger charge is -2.30. The van der Waals surface area contributed by atoms with Crippen LogP contribution in [0.2, 0.25) is 0 Å². The van der Waals surface area contributed by atoms with Crippen LogP contribution in [0.3, 0.4) is 0 Å². The minimum atomic E-state index is -0.274. The van der Waals surface area contributed by atoms with Crippen molar-refractivity contribution in [3.05, 3.63) is 82.9 Å². The molecule has 2 heterocycles. The van der Waals surface area contributed by atoms with Crippen molar-refractivity contribution >= 4 is 5.91 Å². The second-order valence-corrected chi connectivity index (χ2v) is 9.87. The molecular weight excluding hydrogens is 439 g/mol. The molecule has 6 heteroatoms. The van der Waals surface area contributed by atoms with Crippen LogP contribution in [-0.4, -0.2) is 45.1 Å². The predicted molar refractivity (Wildman–Crippen MR) is 138 cm³/mol. The van der Waals surface area contributed by atoms with E-state index in [0.29, 0.717) is 19.0 Å². The molecule has 1 aromatic heterocycles. The molecule has 0 saturated carbocycles. The van der Waals surface area contributed by atoms with Gasteiger partial charge in [-0.15, -0.1) is 0 Å². The molecular formula is C29H37FN4O. The number of carbonyl (C=O) groups is 1. The van der Waals surface area contributed by atoms with Crippen LogP contribution < -0.4 is 0 Å². The van der Waals surface area contributed by atoms with E-state index in [1.54, 1.807) is 6.07 Å². The van der Waals surface area contributed by atoms with Gasteiger partial charge in [-0.25, -0.2) is 9.07 Å². The fourth-order valence-corrected chi connectivity index (χ4v) is 5.07. The van der Waals surface area contributed by atoms with Crippen LogP contribution in [0.4, 0.5) is 4.39 Å². The molecule has 0 bridgehead atoms. The quantitative estimate of drug-likeness (QED) is 0.406. The fourth-order valence-electron chi connectivity index (χ4n) is 5.07. The van der Waals surface area contributed by atoms with E-state index in [9.17, 15) is 9.18 Å². The zero-order valence-electron chi connectivity index (χ0n) is 21.4. The predicted octanol–water partition coefficient (Wildman–Crippen LogP) is 5.57. The number of amides is 1. The average molecular weight is 477 g/mol. The first-order valence-corrected chi connectivity index (χ1v) is 12.8. The van der Waals surface area contributed by atoms with Crippen molar-refractivity contribution in [3.8, 4) is 5.69 Å². The van der Waals surface area contributed by atoms with Crippen LogP contribution in [0.5, 0.6) is 0 Å². The van der Waals surface area contributed by atoms with E-state index >= 15 is 0 Å². The number of hydrogen-bond donors (Lipinski definition) is 0. The molecule has 0 N–H and O–H groups in total. The Bertz CT molecular complexity index is 1140. The van der Waals surface area contributed by atoms with Gasteiger partial charge in [-0.3, -0.25) is 9.69 Å². The van der Waals surface area contributed by atoms with Crippen LogP contribution in [0.25, 0.3) is 5.69 Å². The van der Waals surface area contributed by atoms with Gasteiger partial charge in [0, 0.05) is 31.6 Å². The van der Waals surface area contributed by atoms with Gasteiger partial charge in [-0.1, -0.05) is 64.1 Å². The van der Waals surface area contributed by atoms with E-state index < -0.39 is 0 Å². The Balaban J connectivity index is 1.72. The van der Waals surface area contributed by atoms with Gasteiger partial charge in [-0.05, 0) is 42.6 Å². The summed E-state index contributed by atoms with van der Waals surface area (Å²) in [6.45, 7) is 12.4. The van der Waals surface area contributed by atoms with Gasteiger partial charge in [0.1, 0.15) is 5.82 Å². The summed E-state index contributed by atoms with van der Waals surface area (Å²) >= 11 is 0. The maximum Gasteiger partial charge on any atom is 0.230 e. The molecule has 1 aliphatic rings. The second-order valence-electron chi connectivity index (χ2n) is 9.87. The summed E-state index contributed by atoms with van der Waals surface area (Å²) < 4.78 is 16.0. The molecule has 1 atom stereocenters. The summed E-state index contributed by atoms with van der Waals surface area (Å²) in [7, 11) is 0. The summed E-state index contributed by atoms with van der Waals surface area (Å²) in [6.07, 6.45) is 1.60. The molecule has 186 valence electrons. The Morgan fingerprint density at radius 3 is 2.54 bits per heavy atom. The highest BCUT2D eigenvalue weighted by Gasteiger charge is 2.30. The van der Waals surface area contributed by atoms with Crippen molar-refractivity contribution in [1.29, 1.82) is 0 Å². The van der Waals surface area contributed by atoms with Gasteiger partial charge in [0.05, 0.1) is 29.5 Å². The number of carbonyl (C=O) groups excluding carboxylic acids is 1. The zero-order chi connectivity index (χ0) is 24.9. The van der Waals surface area contributed by atoms with Gasteiger partial charge in [0.25, 0.3) is 0 Å². The Morgan fingerprint density at radius 1 is 1.11 bits per heavy atom. The standard InChI is InChI=1S/C29H37FN4O/c1-5-25(22-11-8-7-9-12-22)29(35)33(18-21(3)4)20-27-26-19-32(6-2)16-15-28(26)34(31-27)24-14-10-13-23(30)17-24/h7-14,17,21,25H,5-6,15-16,18-20H2,1-4H3. The van der Waals surface area contributed by atoms with Crippen molar-refractivity contribution in [1.82, 2.24) is 19.6 Å². The monoisotopic (exact) mass is 476 g/mol. The Hall–Kier alpha value is -2.99. The van der Waals surface area contributed by atoms with E-state index in [0.717, 1.165) is 55.1 Å². The highest BCUT2D eigenvalue weighted by atomic mass is 19.1. The largest absolute Gasteiger partial charge is 0.336 e. The van der Waals surface area contributed by atoms with Gasteiger partial charge in [0.2, 0.25) is 5.91 Å². The summed E-state index contributed by atoms with van der Waals surface area (Å²) in [4.78, 5) is 18.2. The molecule has 0 fully saturated rings. The highest BCUT2D eigenvalue weighted by molar-refractivity contribution is 5.83. The highest BCUT2D eigenvalue weighted by Crippen LogP contribution is 2.29. The number of nitrogens with zero attached hydrogens (tertiary/aromatic N) is 4. The SMILES string of the molecule is CCC(C(=O)N(Cc1nn(-c2cccc(F)c2)c2c1CN(CC)CC2)CC(C)C)c1ccccc1. The lowest BCUT2D eigenvalue weighted by molar-refractivity contribution is -0.134. The molecule has 1 aliphatic heterocycles. The molecule has 1 amide bonds. The van der Waals surface area contributed by atoms with Gasteiger partial charge < -0.3 is 4.90 Å². The minimum absolute atomic E-state index is 0.143. The van der Waals surface area contributed by atoms with Crippen LogP contribution in [0.1, 0.15) is 62.5 Å². The van der Waals surface area contributed by atoms with Gasteiger partial charge in [0.15, 0.2) is 0 Å². The lowest BCUT2D eigenvalue weighted by atomic mass is 9.94. The minimum Gasteiger partial charge on any atom is -0.336 e.